The molecule has 3 rings (SSSR count). The van der Waals surface area contributed by atoms with Crippen LogP contribution in [-0.4, -0.2) is 35.4 Å². The lowest BCUT2D eigenvalue weighted by Crippen LogP contribution is -2.41. The number of carboxylic acids is 1. The van der Waals surface area contributed by atoms with E-state index < -0.39 is 29.4 Å². The highest BCUT2D eigenvalue weighted by Gasteiger charge is 2.68. The number of carboxylic acid groups (broad SMARTS) is 1. The Morgan fingerprint density at radius 2 is 2.36 bits per heavy atom. The number of cyclic esters (lactones) is 1. The van der Waals surface area contributed by atoms with Crippen LogP contribution >= 0.6 is 0 Å². The first kappa shape index (κ1) is 8.23. The van der Waals surface area contributed by atoms with Gasteiger partial charge in [-0.1, -0.05) is 0 Å². The van der Waals surface area contributed by atoms with Crippen molar-refractivity contribution in [2.45, 2.75) is 24.5 Å². The minimum atomic E-state index is -0.944. The van der Waals surface area contributed by atoms with Crippen LogP contribution in [-0.2, 0) is 19.1 Å². The molecule has 1 N–H and O–H groups in total. The molecule has 2 bridgehead atoms. The summed E-state index contributed by atoms with van der Waals surface area (Å²) in [5, 5.41) is 9.01. The van der Waals surface area contributed by atoms with Crippen molar-refractivity contribution in [1.82, 2.24) is 0 Å². The third kappa shape index (κ3) is 0.744. The molecule has 0 aliphatic carbocycles. The Kier molecular flexibility index (Phi) is 1.34. The van der Waals surface area contributed by atoms with Gasteiger partial charge < -0.3 is 14.6 Å². The van der Waals surface area contributed by atoms with Crippen LogP contribution in [0.3, 0.4) is 0 Å². The van der Waals surface area contributed by atoms with Gasteiger partial charge in [-0.2, -0.15) is 0 Å². The molecule has 0 aromatic heterocycles. The number of hydrogen-bond acceptors (Lipinski definition) is 4. The first-order valence-corrected chi connectivity index (χ1v) is 4.71. The van der Waals surface area contributed by atoms with Crippen molar-refractivity contribution < 1.29 is 24.2 Å². The standard InChI is InChI=1S/C9H10O5/c10-7(11)5-4-1-2-9(14-4)3-13-8(12)6(5)9/h4-6H,1-3H2,(H,10,11)/t4-,5?,6?,9-/m1/s1. The molecule has 76 valence electrons. The second-order valence-electron chi connectivity index (χ2n) is 4.21. The highest BCUT2D eigenvalue weighted by molar-refractivity contribution is 5.85. The minimum absolute atomic E-state index is 0.233. The summed E-state index contributed by atoms with van der Waals surface area (Å²) in [7, 11) is 0. The SMILES string of the molecule is O=C(O)C1C2C(=O)OC[C@]23CC[C@H]1O3. The lowest BCUT2D eigenvalue weighted by atomic mass is 9.73. The lowest BCUT2D eigenvalue weighted by Gasteiger charge is -2.23. The maximum atomic E-state index is 11.4. The zero-order chi connectivity index (χ0) is 9.92. The predicted molar refractivity (Wildman–Crippen MR) is 42.4 cm³/mol. The molecular formula is C9H10O5. The fourth-order valence-corrected chi connectivity index (χ4v) is 2.97. The number of hydrogen-bond donors (Lipinski definition) is 1. The Labute approximate surface area is 80.0 Å². The van der Waals surface area contributed by atoms with Crippen LogP contribution in [0.2, 0.25) is 0 Å². The summed E-state index contributed by atoms with van der Waals surface area (Å²) >= 11 is 0. The second-order valence-corrected chi connectivity index (χ2v) is 4.21. The summed E-state index contributed by atoms with van der Waals surface area (Å²) in [4.78, 5) is 22.4. The highest BCUT2D eigenvalue weighted by atomic mass is 16.6. The van der Waals surface area contributed by atoms with Gasteiger partial charge in [-0.15, -0.1) is 0 Å². The summed E-state index contributed by atoms with van der Waals surface area (Å²) in [5.41, 5.74) is -0.606. The molecule has 3 saturated heterocycles. The van der Waals surface area contributed by atoms with Gasteiger partial charge in [0.05, 0.1) is 12.0 Å². The summed E-state index contributed by atoms with van der Waals surface area (Å²) < 4.78 is 10.5. The fourth-order valence-electron chi connectivity index (χ4n) is 2.97. The normalized spacial score (nSPS) is 49.1. The van der Waals surface area contributed by atoms with Gasteiger partial charge in [-0.25, -0.2) is 0 Å². The van der Waals surface area contributed by atoms with Gasteiger partial charge in [-0.05, 0) is 12.8 Å². The maximum absolute atomic E-state index is 11.4. The monoisotopic (exact) mass is 198 g/mol. The highest BCUT2D eigenvalue weighted by Crippen LogP contribution is 2.54. The van der Waals surface area contributed by atoms with Crippen LogP contribution in [0.4, 0.5) is 0 Å². The largest absolute Gasteiger partial charge is 0.481 e. The maximum Gasteiger partial charge on any atom is 0.313 e. The van der Waals surface area contributed by atoms with Crippen LogP contribution in [0.25, 0.3) is 0 Å². The molecule has 3 heterocycles. The van der Waals surface area contributed by atoms with E-state index in [0.29, 0.717) is 0 Å². The number of fused-ring (bicyclic) bond motifs is 1. The van der Waals surface area contributed by atoms with Crippen LogP contribution in [0.5, 0.6) is 0 Å². The molecule has 5 heteroatoms. The molecule has 0 aromatic carbocycles. The van der Waals surface area contributed by atoms with E-state index in [1.54, 1.807) is 0 Å². The molecule has 5 nitrogen and oxygen atoms in total. The molecular weight excluding hydrogens is 188 g/mol. The Morgan fingerprint density at radius 3 is 3.07 bits per heavy atom. The minimum Gasteiger partial charge on any atom is -0.481 e. The molecule has 4 atom stereocenters. The number of ether oxygens (including phenoxy) is 2. The van der Waals surface area contributed by atoms with Crippen LogP contribution in [0.1, 0.15) is 12.8 Å². The number of rotatable bonds is 1. The van der Waals surface area contributed by atoms with Crippen LogP contribution in [0.15, 0.2) is 0 Å². The number of carbonyl (C=O) groups excluding carboxylic acids is 1. The molecule has 3 aliphatic heterocycles. The topological polar surface area (TPSA) is 72.8 Å². The smallest absolute Gasteiger partial charge is 0.313 e. The van der Waals surface area contributed by atoms with Gasteiger partial charge in [0.2, 0.25) is 0 Å². The van der Waals surface area contributed by atoms with Crippen LogP contribution < -0.4 is 0 Å². The number of esters is 1. The van der Waals surface area contributed by atoms with E-state index in [1.165, 1.54) is 0 Å². The van der Waals surface area contributed by atoms with E-state index in [4.69, 9.17) is 14.6 Å². The van der Waals surface area contributed by atoms with Gasteiger partial charge in [0, 0.05) is 0 Å². The predicted octanol–water partition coefficient (Wildman–Crippen LogP) is -0.208. The molecule has 2 unspecified atom stereocenters. The Bertz CT molecular complexity index is 325. The molecule has 0 amide bonds. The molecule has 14 heavy (non-hydrogen) atoms. The average molecular weight is 198 g/mol. The Morgan fingerprint density at radius 1 is 1.57 bits per heavy atom. The van der Waals surface area contributed by atoms with Crippen molar-refractivity contribution in [3.63, 3.8) is 0 Å². The van der Waals surface area contributed by atoms with Gasteiger partial charge >= 0.3 is 11.9 Å². The first-order chi connectivity index (χ1) is 6.64. The zero-order valence-corrected chi connectivity index (χ0v) is 7.43. The van der Waals surface area contributed by atoms with Gasteiger partial charge in [0.25, 0.3) is 0 Å². The lowest BCUT2D eigenvalue weighted by molar-refractivity contribution is -0.153. The number of aliphatic carboxylic acids is 1. The van der Waals surface area contributed by atoms with Crippen molar-refractivity contribution in [1.29, 1.82) is 0 Å². The van der Waals surface area contributed by atoms with Crippen molar-refractivity contribution >= 4 is 11.9 Å². The quantitative estimate of drug-likeness (QED) is 0.590. The van der Waals surface area contributed by atoms with E-state index in [2.05, 4.69) is 0 Å². The van der Waals surface area contributed by atoms with Crippen molar-refractivity contribution in [2.24, 2.45) is 11.8 Å². The third-order valence-corrected chi connectivity index (χ3v) is 3.56. The molecule has 0 radical (unpaired) electrons. The second kappa shape index (κ2) is 2.28. The molecule has 0 aromatic rings. The average Bonchev–Trinajstić information content (AvgIpc) is 2.75. The van der Waals surface area contributed by atoms with Gasteiger partial charge in [0.1, 0.15) is 18.1 Å². The summed E-state index contributed by atoms with van der Waals surface area (Å²) in [6.07, 6.45) is 1.19. The van der Waals surface area contributed by atoms with Gasteiger partial charge in [-0.3, -0.25) is 9.59 Å². The van der Waals surface area contributed by atoms with E-state index >= 15 is 0 Å². The summed E-state index contributed by atoms with van der Waals surface area (Å²) in [5.74, 6) is -2.61. The molecule has 3 fully saturated rings. The zero-order valence-electron chi connectivity index (χ0n) is 7.43. The van der Waals surface area contributed by atoms with Crippen molar-refractivity contribution in [2.75, 3.05) is 6.61 Å². The first-order valence-electron chi connectivity index (χ1n) is 4.71. The fraction of sp³-hybridized carbons (Fsp3) is 0.778. The van der Waals surface area contributed by atoms with E-state index in [0.717, 1.165) is 12.8 Å². The van der Waals surface area contributed by atoms with Crippen molar-refractivity contribution in [3.8, 4) is 0 Å². The Hall–Kier alpha value is -1.10. The summed E-state index contributed by atoms with van der Waals surface area (Å²) in [6, 6.07) is 0. The van der Waals surface area contributed by atoms with E-state index in [1.807, 2.05) is 0 Å². The third-order valence-electron chi connectivity index (χ3n) is 3.56. The number of carbonyl (C=O) groups is 2. The summed E-state index contributed by atoms with van der Waals surface area (Å²) in [6.45, 7) is 0.233. The molecule has 1 spiro atoms. The van der Waals surface area contributed by atoms with Crippen molar-refractivity contribution in [3.05, 3.63) is 0 Å². The molecule has 3 aliphatic rings. The van der Waals surface area contributed by atoms with Crippen LogP contribution in [0, 0.1) is 11.8 Å². The molecule has 0 saturated carbocycles. The van der Waals surface area contributed by atoms with Gasteiger partial charge in [0.15, 0.2) is 0 Å². The van der Waals surface area contributed by atoms with E-state index in [9.17, 15) is 9.59 Å². The Balaban J connectivity index is 2.03. The van der Waals surface area contributed by atoms with E-state index in [-0.39, 0.29) is 12.7 Å².